The fourth-order valence-corrected chi connectivity index (χ4v) is 1.44. The molecule has 14 heavy (non-hydrogen) atoms. The fraction of sp³-hybridized carbons (Fsp3) is 0.818. The summed E-state index contributed by atoms with van der Waals surface area (Å²) in [6, 6.07) is 0. The number of hydrogen-bond donors (Lipinski definition) is 0. The summed E-state index contributed by atoms with van der Waals surface area (Å²) in [4.78, 5) is 13.4. The van der Waals surface area contributed by atoms with Crippen LogP contribution in [0.4, 0.5) is 4.79 Å². The molecule has 0 radical (unpaired) electrons. The van der Waals surface area contributed by atoms with Crippen molar-refractivity contribution in [1.29, 1.82) is 0 Å². The summed E-state index contributed by atoms with van der Waals surface area (Å²) >= 11 is 0. The molecule has 0 aromatic carbocycles. The molecule has 0 aromatic heterocycles. The highest BCUT2D eigenvalue weighted by Crippen LogP contribution is 2.18. The topological polar surface area (TPSA) is 29.5 Å². The predicted molar refractivity (Wildman–Crippen MR) is 55.9 cm³/mol. The third kappa shape index (κ3) is 3.56. The minimum atomic E-state index is -0.390. The molecule has 1 amide bonds. The SMILES string of the molecule is [CH2-]C1CCN(C(=O)OC(C)(C)C)CC1. The number of hydrogen-bond acceptors (Lipinski definition) is 2. The van der Waals surface area contributed by atoms with Gasteiger partial charge in [0.05, 0.1) is 0 Å². The lowest BCUT2D eigenvalue weighted by atomic mass is 10.00. The first kappa shape index (κ1) is 11.3. The van der Waals surface area contributed by atoms with Crippen LogP contribution < -0.4 is 0 Å². The molecule has 1 aliphatic rings. The highest BCUT2D eigenvalue weighted by Gasteiger charge is 2.23. The monoisotopic (exact) mass is 198 g/mol. The molecular weight excluding hydrogens is 178 g/mol. The first-order valence-corrected chi connectivity index (χ1v) is 5.19. The molecule has 1 aliphatic heterocycles. The van der Waals surface area contributed by atoms with E-state index in [1.54, 1.807) is 4.90 Å². The summed E-state index contributed by atoms with van der Waals surface area (Å²) in [5, 5.41) is 0. The van der Waals surface area contributed by atoms with Crippen molar-refractivity contribution in [3.63, 3.8) is 0 Å². The first-order valence-electron chi connectivity index (χ1n) is 5.19. The first-order chi connectivity index (χ1) is 6.38. The van der Waals surface area contributed by atoms with Crippen LogP contribution in [0.15, 0.2) is 0 Å². The molecule has 0 atom stereocenters. The Kier molecular flexibility index (Phi) is 3.40. The summed E-state index contributed by atoms with van der Waals surface area (Å²) in [6.45, 7) is 11.2. The number of carbonyl (C=O) groups excluding carboxylic acids is 1. The van der Waals surface area contributed by atoms with Gasteiger partial charge < -0.3 is 16.6 Å². The van der Waals surface area contributed by atoms with Gasteiger partial charge in [0, 0.05) is 13.1 Å². The minimum absolute atomic E-state index is 0.190. The van der Waals surface area contributed by atoms with Crippen molar-refractivity contribution in [1.82, 2.24) is 4.90 Å². The predicted octanol–water partition coefficient (Wildman–Crippen LogP) is 2.47. The number of piperidine rings is 1. The summed E-state index contributed by atoms with van der Waals surface area (Å²) in [5.74, 6) is 0.494. The lowest BCUT2D eigenvalue weighted by Gasteiger charge is -2.34. The fourth-order valence-electron chi connectivity index (χ4n) is 1.44. The Labute approximate surface area is 86.4 Å². The van der Waals surface area contributed by atoms with Gasteiger partial charge in [0.1, 0.15) is 5.60 Å². The van der Waals surface area contributed by atoms with Crippen molar-refractivity contribution < 1.29 is 9.53 Å². The van der Waals surface area contributed by atoms with Gasteiger partial charge in [0.25, 0.3) is 0 Å². The summed E-state index contributed by atoms with van der Waals surface area (Å²) in [6.07, 6.45) is 1.78. The quantitative estimate of drug-likeness (QED) is 0.560. The molecule has 1 heterocycles. The van der Waals surface area contributed by atoms with Crippen molar-refractivity contribution in [3.8, 4) is 0 Å². The molecule has 3 heteroatoms. The summed E-state index contributed by atoms with van der Waals surface area (Å²) in [5.41, 5.74) is -0.390. The van der Waals surface area contributed by atoms with Crippen LogP contribution in [-0.2, 0) is 4.74 Å². The van der Waals surface area contributed by atoms with E-state index in [-0.39, 0.29) is 6.09 Å². The lowest BCUT2D eigenvalue weighted by molar-refractivity contribution is 0.0197. The number of rotatable bonds is 0. The third-order valence-electron chi connectivity index (χ3n) is 2.27. The van der Waals surface area contributed by atoms with E-state index in [0.29, 0.717) is 5.92 Å². The van der Waals surface area contributed by atoms with Crippen molar-refractivity contribution in [2.45, 2.75) is 39.2 Å². The average Bonchev–Trinajstić information content (AvgIpc) is 2.02. The maximum absolute atomic E-state index is 11.6. The Hall–Kier alpha value is -0.730. The molecule has 0 spiro atoms. The Bertz CT molecular complexity index is 200. The van der Waals surface area contributed by atoms with Crippen molar-refractivity contribution in [2.75, 3.05) is 13.1 Å². The van der Waals surface area contributed by atoms with Crippen LogP contribution in [0.3, 0.4) is 0 Å². The van der Waals surface area contributed by atoms with E-state index in [2.05, 4.69) is 6.92 Å². The molecule has 1 fully saturated rings. The van der Waals surface area contributed by atoms with Gasteiger partial charge in [-0.1, -0.05) is 12.8 Å². The van der Waals surface area contributed by atoms with E-state index < -0.39 is 5.60 Å². The van der Waals surface area contributed by atoms with Crippen LogP contribution >= 0.6 is 0 Å². The largest absolute Gasteiger partial charge is 0.444 e. The third-order valence-corrected chi connectivity index (χ3v) is 2.27. The standard InChI is InChI=1S/C11H20NO2/c1-9-5-7-12(8-6-9)10(13)14-11(2,3)4/h9H,1,5-8H2,2-4H3/q-1. The molecule has 0 N–H and O–H groups in total. The molecule has 0 aromatic rings. The minimum Gasteiger partial charge on any atom is -0.444 e. The van der Waals surface area contributed by atoms with Crippen LogP contribution in [0.25, 0.3) is 0 Å². The van der Waals surface area contributed by atoms with Gasteiger partial charge in [-0.25, -0.2) is 4.79 Å². The van der Waals surface area contributed by atoms with E-state index in [1.807, 2.05) is 20.8 Å². The van der Waals surface area contributed by atoms with Gasteiger partial charge in [-0.15, -0.1) is 0 Å². The molecule has 1 rings (SSSR count). The molecule has 0 aliphatic carbocycles. The molecule has 1 saturated heterocycles. The second-order valence-corrected chi connectivity index (χ2v) is 4.91. The Morgan fingerprint density at radius 3 is 2.29 bits per heavy atom. The number of amides is 1. The zero-order valence-electron chi connectivity index (χ0n) is 9.38. The van der Waals surface area contributed by atoms with Crippen LogP contribution in [0.5, 0.6) is 0 Å². The van der Waals surface area contributed by atoms with E-state index in [9.17, 15) is 4.79 Å². The molecule has 3 nitrogen and oxygen atoms in total. The van der Waals surface area contributed by atoms with Crippen molar-refractivity contribution in [2.24, 2.45) is 5.92 Å². The molecule has 0 bridgehead atoms. The Balaban J connectivity index is 2.38. The number of carbonyl (C=O) groups is 1. The van der Waals surface area contributed by atoms with E-state index in [0.717, 1.165) is 25.9 Å². The summed E-state index contributed by atoms with van der Waals surface area (Å²) < 4.78 is 5.28. The highest BCUT2D eigenvalue weighted by atomic mass is 16.6. The van der Waals surface area contributed by atoms with Gasteiger partial charge in [-0.3, -0.25) is 0 Å². The number of ether oxygens (including phenoxy) is 1. The van der Waals surface area contributed by atoms with Gasteiger partial charge in [0.15, 0.2) is 0 Å². The van der Waals surface area contributed by atoms with Crippen LogP contribution in [-0.4, -0.2) is 29.7 Å². The van der Waals surface area contributed by atoms with Gasteiger partial charge in [-0.2, -0.15) is 5.92 Å². The van der Waals surface area contributed by atoms with Gasteiger partial charge in [-0.05, 0) is 20.8 Å². The van der Waals surface area contributed by atoms with E-state index >= 15 is 0 Å². The summed E-state index contributed by atoms with van der Waals surface area (Å²) in [7, 11) is 0. The van der Waals surface area contributed by atoms with Crippen molar-refractivity contribution in [3.05, 3.63) is 6.92 Å². The van der Waals surface area contributed by atoms with E-state index in [4.69, 9.17) is 4.74 Å². The van der Waals surface area contributed by atoms with E-state index in [1.165, 1.54) is 0 Å². The maximum Gasteiger partial charge on any atom is 0.410 e. The zero-order chi connectivity index (χ0) is 10.8. The van der Waals surface area contributed by atoms with Gasteiger partial charge in [0.2, 0.25) is 0 Å². The second-order valence-electron chi connectivity index (χ2n) is 4.91. The van der Waals surface area contributed by atoms with Crippen molar-refractivity contribution >= 4 is 6.09 Å². The number of nitrogens with zero attached hydrogens (tertiary/aromatic N) is 1. The zero-order valence-corrected chi connectivity index (χ0v) is 9.38. The second kappa shape index (κ2) is 4.20. The van der Waals surface area contributed by atoms with Crippen LogP contribution in [0.2, 0.25) is 0 Å². The Morgan fingerprint density at radius 2 is 1.86 bits per heavy atom. The Morgan fingerprint density at radius 1 is 1.36 bits per heavy atom. The molecule has 82 valence electrons. The van der Waals surface area contributed by atoms with Gasteiger partial charge >= 0.3 is 6.09 Å². The van der Waals surface area contributed by atoms with Crippen LogP contribution in [0, 0.1) is 12.8 Å². The highest BCUT2D eigenvalue weighted by molar-refractivity contribution is 5.68. The van der Waals surface area contributed by atoms with Crippen LogP contribution in [0.1, 0.15) is 33.6 Å². The maximum atomic E-state index is 11.6. The smallest absolute Gasteiger partial charge is 0.410 e. The normalized spacial score (nSPS) is 19.6. The molecule has 0 saturated carbocycles. The average molecular weight is 198 g/mol. The molecule has 0 unspecified atom stereocenters. The molecular formula is C11H20NO2-. The lowest BCUT2D eigenvalue weighted by Crippen LogP contribution is -2.41. The number of likely N-dealkylation sites (tertiary alicyclic amines) is 1.